The lowest BCUT2D eigenvalue weighted by Gasteiger charge is -2.10. The van der Waals surface area contributed by atoms with E-state index in [2.05, 4.69) is 25.7 Å². The number of aromatic nitrogens is 4. The van der Waals surface area contributed by atoms with Crippen molar-refractivity contribution in [2.45, 2.75) is 6.54 Å². The molecule has 0 aliphatic heterocycles. The summed E-state index contributed by atoms with van der Waals surface area (Å²) in [5.41, 5.74) is 2.41. The molecule has 2 amide bonds. The van der Waals surface area contributed by atoms with Gasteiger partial charge in [0, 0.05) is 24.0 Å². The first-order valence-corrected chi connectivity index (χ1v) is 9.24. The van der Waals surface area contributed by atoms with Gasteiger partial charge in [-0.25, -0.2) is 14.6 Å². The van der Waals surface area contributed by atoms with E-state index in [9.17, 15) is 9.59 Å². The van der Waals surface area contributed by atoms with Crippen LogP contribution < -0.4 is 10.6 Å². The number of nitrogens with zero attached hydrogens (tertiary/aromatic N) is 4. The number of amides is 2. The smallest absolute Gasteiger partial charge is 0.255 e. The van der Waals surface area contributed by atoms with Crippen LogP contribution in [0.5, 0.6) is 0 Å². The Hall–Kier alpha value is -4.33. The van der Waals surface area contributed by atoms with Crippen LogP contribution >= 0.6 is 0 Å². The number of benzene rings is 2. The predicted molar refractivity (Wildman–Crippen MR) is 111 cm³/mol. The van der Waals surface area contributed by atoms with E-state index in [0.717, 1.165) is 11.3 Å². The maximum atomic E-state index is 12.7. The molecule has 8 nitrogen and oxygen atoms in total. The third-order valence-corrected chi connectivity index (χ3v) is 4.34. The minimum Gasteiger partial charge on any atom is -0.348 e. The molecule has 0 radical (unpaired) electrons. The number of carbonyl (C=O) groups excluding carboxylic acids is 2. The van der Waals surface area contributed by atoms with Crippen molar-refractivity contribution in [1.29, 1.82) is 0 Å². The highest BCUT2D eigenvalue weighted by molar-refractivity contribution is 6.04. The first kappa shape index (κ1) is 19.0. The van der Waals surface area contributed by atoms with Crippen molar-refractivity contribution in [2.75, 3.05) is 5.32 Å². The molecule has 30 heavy (non-hydrogen) atoms. The summed E-state index contributed by atoms with van der Waals surface area (Å²) in [6.45, 7) is 0.261. The van der Waals surface area contributed by atoms with Crippen LogP contribution in [0.25, 0.3) is 5.82 Å². The van der Waals surface area contributed by atoms with Crippen molar-refractivity contribution in [2.24, 2.45) is 0 Å². The SMILES string of the molecule is O=C(Nc1ccccc1)c1cccc(CNC(=O)c2cccnc2-n2cncn2)c1. The maximum Gasteiger partial charge on any atom is 0.255 e. The number of anilines is 1. The lowest BCUT2D eigenvalue weighted by Crippen LogP contribution is -2.25. The Morgan fingerprint density at radius 3 is 2.60 bits per heavy atom. The van der Waals surface area contributed by atoms with Crippen molar-refractivity contribution in [3.63, 3.8) is 0 Å². The summed E-state index contributed by atoms with van der Waals surface area (Å²) in [5.74, 6) is -0.119. The number of para-hydroxylation sites is 1. The number of carbonyl (C=O) groups is 2. The van der Waals surface area contributed by atoms with E-state index < -0.39 is 0 Å². The van der Waals surface area contributed by atoms with Crippen LogP contribution in [0.2, 0.25) is 0 Å². The van der Waals surface area contributed by atoms with Gasteiger partial charge in [0.05, 0.1) is 5.56 Å². The van der Waals surface area contributed by atoms with Crippen molar-refractivity contribution in [3.05, 3.63) is 102 Å². The molecule has 0 saturated heterocycles. The predicted octanol–water partition coefficient (Wildman–Crippen LogP) is 2.84. The third kappa shape index (κ3) is 4.39. The van der Waals surface area contributed by atoms with E-state index in [1.165, 1.54) is 17.3 Å². The van der Waals surface area contributed by atoms with Gasteiger partial charge in [-0.15, -0.1) is 0 Å². The van der Waals surface area contributed by atoms with Crippen LogP contribution in [-0.2, 0) is 6.54 Å². The van der Waals surface area contributed by atoms with Crippen molar-refractivity contribution >= 4 is 17.5 Å². The maximum absolute atomic E-state index is 12.7. The second kappa shape index (κ2) is 8.78. The summed E-state index contributed by atoms with van der Waals surface area (Å²) >= 11 is 0. The van der Waals surface area contributed by atoms with Gasteiger partial charge in [-0.1, -0.05) is 30.3 Å². The molecular formula is C22H18N6O2. The summed E-state index contributed by atoms with van der Waals surface area (Å²) in [4.78, 5) is 33.3. The molecule has 0 fully saturated rings. The molecule has 2 heterocycles. The fourth-order valence-corrected chi connectivity index (χ4v) is 2.90. The molecule has 4 rings (SSSR count). The molecule has 0 saturated carbocycles. The molecule has 0 bridgehead atoms. The molecule has 0 spiro atoms. The monoisotopic (exact) mass is 398 g/mol. The van der Waals surface area contributed by atoms with Crippen LogP contribution in [0.3, 0.4) is 0 Å². The highest BCUT2D eigenvalue weighted by Crippen LogP contribution is 2.12. The van der Waals surface area contributed by atoms with Gasteiger partial charge in [0.2, 0.25) is 0 Å². The molecule has 0 aliphatic carbocycles. The molecule has 2 aromatic carbocycles. The summed E-state index contributed by atoms with van der Waals surface area (Å²) in [5, 5.41) is 9.74. The Kier molecular flexibility index (Phi) is 5.56. The second-order valence-electron chi connectivity index (χ2n) is 6.42. The number of rotatable bonds is 6. The zero-order valence-electron chi connectivity index (χ0n) is 15.9. The van der Waals surface area contributed by atoms with Gasteiger partial charge in [0.1, 0.15) is 12.7 Å². The average molecular weight is 398 g/mol. The van der Waals surface area contributed by atoms with Crippen molar-refractivity contribution < 1.29 is 9.59 Å². The molecule has 0 atom stereocenters. The summed E-state index contributed by atoms with van der Waals surface area (Å²) in [6.07, 6.45) is 4.44. The first-order valence-electron chi connectivity index (χ1n) is 9.24. The van der Waals surface area contributed by atoms with E-state index in [4.69, 9.17) is 0 Å². The molecule has 8 heteroatoms. The summed E-state index contributed by atoms with van der Waals surface area (Å²) < 4.78 is 1.43. The van der Waals surface area contributed by atoms with Crippen LogP contribution in [0.4, 0.5) is 5.69 Å². The Bertz CT molecular complexity index is 1160. The average Bonchev–Trinajstić information content (AvgIpc) is 3.33. The van der Waals surface area contributed by atoms with Crippen LogP contribution in [-0.4, -0.2) is 31.6 Å². The lowest BCUT2D eigenvalue weighted by atomic mass is 10.1. The Morgan fingerprint density at radius 2 is 1.80 bits per heavy atom. The van der Waals surface area contributed by atoms with E-state index >= 15 is 0 Å². The minimum absolute atomic E-state index is 0.213. The topological polar surface area (TPSA) is 102 Å². The van der Waals surface area contributed by atoms with Crippen LogP contribution in [0.15, 0.2) is 85.6 Å². The molecule has 2 N–H and O–H groups in total. The lowest BCUT2D eigenvalue weighted by molar-refractivity contribution is 0.0950. The van der Waals surface area contributed by atoms with Gasteiger partial charge < -0.3 is 10.6 Å². The molecule has 2 aromatic heterocycles. The van der Waals surface area contributed by atoms with Crippen LogP contribution in [0, 0.1) is 0 Å². The second-order valence-corrected chi connectivity index (χ2v) is 6.42. The van der Waals surface area contributed by atoms with Crippen molar-refractivity contribution in [3.8, 4) is 5.82 Å². The Morgan fingerprint density at radius 1 is 0.933 bits per heavy atom. The standard InChI is InChI=1S/C22H18N6O2/c29-21(27-18-8-2-1-3-9-18)17-7-4-6-16(12-17)13-25-22(30)19-10-5-11-24-20(19)28-15-23-14-26-28/h1-12,14-15H,13H2,(H,25,30)(H,27,29). The van der Waals surface area contributed by atoms with Gasteiger partial charge >= 0.3 is 0 Å². The largest absolute Gasteiger partial charge is 0.348 e. The summed E-state index contributed by atoms with van der Waals surface area (Å²) in [7, 11) is 0. The number of pyridine rings is 1. The molecule has 0 unspecified atom stereocenters. The van der Waals surface area contributed by atoms with Gasteiger partial charge in [0.15, 0.2) is 5.82 Å². The zero-order chi connectivity index (χ0) is 20.8. The molecule has 0 aliphatic rings. The zero-order valence-corrected chi connectivity index (χ0v) is 15.9. The first-order chi connectivity index (χ1) is 14.7. The van der Waals surface area contributed by atoms with Crippen LogP contribution in [0.1, 0.15) is 26.3 Å². The van der Waals surface area contributed by atoms with Gasteiger partial charge in [0.25, 0.3) is 11.8 Å². The fraction of sp³-hybridized carbons (Fsp3) is 0.0455. The quantitative estimate of drug-likeness (QED) is 0.520. The van der Waals surface area contributed by atoms with E-state index in [-0.39, 0.29) is 18.4 Å². The highest BCUT2D eigenvalue weighted by Gasteiger charge is 2.14. The number of hydrogen-bond acceptors (Lipinski definition) is 5. The van der Waals surface area contributed by atoms with Gasteiger partial charge in [-0.2, -0.15) is 5.10 Å². The van der Waals surface area contributed by atoms with Gasteiger partial charge in [-0.3, -0.25) is 9.59 Å². The Balaban J connectivity index is 1.44. The van der Waals surface area contributed by atoms with Crippen molar-refractivity contribution in [1.82, 2.24) is 25.1 Å². The number of nitrogens with one attached hydrogen (secondary N) is 2. The minimum atomic E-state index is -0.298. The third-order valence-electron chi connectivity index (χ3n) is 4.34. The van der Waals surface area contributed by atoms with E-state index in [1.807, 2.05) is 36.4 Å². The molecular weight excluding hydrogens is 380 g/mol. The highest BCUT2D eigenvalue weighted by atomic mass is 16.2. The normalized spacial score (nSPS) is 10.4. The molecule has 148 valence electrons. The molecule has 4 aromatic rings. The van der Waals surface area contributed by atoms with E-state index in [0.29, 0.717) is 16.9 Å². The summed E-state index contributed by atoms with van der Waals surface area (Å²) in [6, 6.07) is 19.7. The fourth-order valence-electron chi connectivity index (χ4n) is 2.90. The Labute approximate surface area is 172 Å². The van der Waals surface area contributed by atoms with E-state index in [1.54, 1.807) is 36.5 Å². The number of hydrogen-bond donors (Lipinski definition) is 2. The van der Waals surface area contributed by atoms with Gasteiger partial charge in [-0.05, 0) is 42.0 Å².